The van der Waals surface area contributed by atoms with Gasteiger partial charge in [-0.1, -0.05) is 17.7 Å². The quantitative estimate of drug-likeness (QED) is 0.712. The van der Waals surface area contributed by atoms with Gasteiger partial charge in [-0.3, -0.25) is 4.79 Å². The minimum atomic E-state index is 0.0418. The minimum Gasteiger partial charge on any atom is -0.373 e. The first kappa shape index (κ1) is 13.1. The fourth-order valence-electron chi connectivity index (χ4n) is 1.61. The van der Waals surface area contributed by atoms with Crippen molar-refractivity contribution in [3.8, 4) is 0 Å². The van der Waals surface area contributed by atoms with E-state index in [0.29, 0.717) is 19.3 Å². The van der Waals surface area contributed by atoms with Crippen molar-refractivity contribution < 1.29 is 14.3 Å². The molecule has 3 rings (SSSR count). The highest BCUT2D eigenvalue weighted by Gasteiger charge is 2.19. The molecule has 0 spiro atoms. The Hall–Kier alpha value is -1.39. The predicted octanol–water partition coefficient (Wildman–Crippen LogP) is 1.76. The van der Waals surface area contributed by atoms with Gasteiger partial charge in [0.1, 0.15) is 6.61 Å². The van der Waals surface area contributed by atoms with E-state index in [1.807, 2.05) is 31.2 Å². The van der Waals surface area contributed by atoms with Crippen LogP contribution >= 0.6 is 0 Å². The lowest BCUT2D eigenvalue weighted by molar-refractivity contribution is -0.125. The number of rotatable bonds is 1. The van der Waals surface area contributed by atoms with Crippen molar-refractivity contribution in [2.45, 2.75) is 20.0 Å². The SMILES string of the molecule is CC1CO1.Cc1ccc(N2CCOCC2=O)cc1. The van der Waals surface area contributed by atoms with Crippen LogP contribution in [0.2, 0.25) is 0 Å². The molecule has 0 radical (unpaired) electrons. The molecule has 0 aromatic heterocycles. The summed E-state index contributed by atoms with van der Waals surface area (Å²) in [5.74, 6) is 0.0418. The second-order valence-electron chi connectivity index (χ2n) is 4.58. The van der Waals surface area contributed by atoms with Gasteiger partial charge in [0, 0.05) is 12.2 Å². The number of nitrogens with zero attached hydrogens (tertiary/aromatic N) is 1. The molecule has 1 aromatic rings. The molecule has 18 heavy (non-hydrogen) atoms. The maximum Gasteiger partial charge on any atom is 0.253 e. The first-order valence-electron chi connectivity index (χ1n) is 6.23. The Labute approximate surface area is 107 Å². The van der Waals surface area contributed by atoms with Gasteiger partial charge in [-0.15, -0.1) is 0 Å². The van der Waals surface area contributed by atoms with Crippen LogP contribution in [0.5, 0.6) is 0 Å². The fraction of sp³-hybridized carbons (Fsp3) is 0.500. The third-order valence-electron chi connectivity index (χ3n) is 2.83. The molecule has 1 unspecified atom stereocenters. The second-order valence-corrected chi connectivity index (χ2v) is 4.58. The normalized spacial score (nSPS) is 22.2. The number of carbonyl (C=O) groups excluding carboxylic acids is 1. The molecule has 98 valence electrons. The highest BCUT2D eigenvalue weighted by Crippen LogP contribution is 2.16. The lowest BCUT2D eigenvalue weighted by atomic mass is 10.2. The van der Waals surface area contributed by atoms with Crippen LogP contribution in [-0.4, -0.2) is 38.4 Å². The summed E-state index contributed by atoms with van der Waals surface area (Å²) < 4.78 is 9.77. The zero-order valence-corrected chi connectivity index (χ0v) is 10.9. The number of hydrogen-bond donors (Lipinski definition) is 0. The van der Waals surface area contributed by atoms with Gasteiger partial charge in [0.2, 0.25) is 0 Å². The topological polar surface area (TPSA) is 42.1 Å². The number of ether oxygens (including phenoxy) is 2. The Morgan fingerprint density at radius 3 is 2.39 bits per heavy atom. The standard InChI is InChI=1S/C11H13NO2.C3H6O/c1-9-2-4-10(5-3-9)12-6-7-14-8-11(12)13;1-3-2-4-3/h2-5H,6-8H2,1H3;3H,2H2,1H3. The highest BCUT2D eigenvalue weighted by molar-refractivity contribution is 5.94. The highest BCUT2D eigenvalue weighted by atomic mass is 16.6. The number of morpholine rings is 1. The van der Waals surface area contributed by atoms with E-state index in [1.54, 1.807) is 4.90 Å². The Morgan fingerprint density at radius 1 is 1.28 bits per heavy atom. The molecular weight excluding hydrogens is 230 g/mol. The summed E-state index contributed by atoms with van der Waals surface area (Å²) in [6, 6.07) is 7.97. The lowest BCUT2D eigenvalue weighted by Gasteiger charge is -2.26. The number of aryl methyl sites for hydroxylation is 1. The van der Waals surface area contributed by atoms with Gasteiger partial charge in [-0.25, -0.2) is 0 Å². The van der Waals surface area contributed by atoms with Crippen molar-refractivity contribution >= 4 is 11.6 Å². The van der Waals surface area contributed by atoms with Crippen LogP contribution in [-0.2, 0) is 14.3 Å². The Kier molecular flexibility index (Phi) is 4.33. The molecular formula is C14H19NO3. The molecule has 1 aromatic carbocycles. The summed E-state index contributed by atoms with van der Waals surface area (Å²) in [5, 5.41) is 0. The number of anilines is 1. The molecule has 1 amide bonds. The Balaban J connectivity index is 0.000000256. The monoisotopic (exact) mass is 249 g/mol. The summed E-state index contributed by atoms with van der Waals surface area (Å²) in [4.78, 5) is 13.2. The summed E-state index contributed by atoms with van der Waals surface area (Å²) in [6.45, 7) is 6.56. The first-order chi connectivity index (χ1) is 8.66. The molecule has 0 bridgehead atoms. The summed E-state index contributed by atoms with van der Waals surface area (Å²) in [7, 11) is 0. The van der Waals surface area contributed by atoms with E-state index in [1.165, 1.54) is 5.56 Å². The first-order valence-corrected chi connectivity index (χ1v) is 6.23. The van der Waals surface area contributed by atoms with Crippen molar-refractivity contribution in [3.05, 3.63) is 29.8 Å². The average Bonchev–Trinajstić information content (AvgIpc) is 3.15. The van der Waals surface area contributed by atoms with Gasteiger partial charge in [0.15, 0.2) is 0 Å². The zero-order valence-electron chi connectivity index (χ0n) is 10.9. The van der Waals surface area contributed by atoms with E-state index in [4.69, 9.17) is 9.47 Å². The lowest BCUT2D eigenvalue weighted by Crippen LogP contribution is -2.41. The van der Waals surface area contributed by atoms with E-state index in [9.17, 15) is 4.79 Å². The van der Waals surface area contributed by atoms with Crippen LogP contribution in [0.3, 0.4) is 0 Å². The minimum absolute atomic E-state index is 0.0418. The van der Waals surface area contributed by atoms with Gasteiger partial charge in [-0.05, 0) is 26.0 Å². The fourth-order valence-corrected chi connectivity index (χ4v) is 1.61. The zero-order chi connectivity index (χ0) is 13.0. The number of hydrogen-bond acceptors (Lipinski definition) is 3. The van der Waals surface area contributed by atoms with Crippen LogP contribution in [0.15, 0.2) is 24.3 Å². The molecule has 2 aliphatic rings. The predicted molar refractivity (Wildman–Crippen MR) is 69.8 cm³/mol. The maximum absolute atomic E-state index is 11.5. The summed E-state index contributed by atoms with van der Waals surface area (Å²) in [5.41, 5.74) is 2.17. The van der Waals surface area contributed by atoms with Gasteiger partial charge in [0.25, 0.3) is 5.91 Å². The summed E-state index contributed by atoms with van der Waals surface area (Å²) in [6.07, 6.45) is 0.583. The number of epoxide rings is 1. The molecule has 4 heteroatoms. The van der Waals surface area contributed by atoms with E-state index >= 15 is 0 Å². The van der Waals surface area contributed by atoms with Gasteiger partial charge >= 0.3 is 0 Å². The number of benzene rings is 1. The molecule has 2 aliphatic heterocycles. The van der Waals surface area contributed by atoms with Crippen LogP contribution in [0.1, 0.15) is 12.5 Å². The van der Waals surface area contributed by atoms with Gasteiger partial charge in [0.05, 0.1) is 19.3 Å². The van der Waals surface area contributed by atoms with Crippen molar-refractivity contribution in [1.29, 1.82) is 0 Å². The molecule has 0 saturated carbocycles. The smallest absolute Gasteiger partial charge is 0.253 e. The van der Waals surface area contributed by atoms with E-state index in [0.717, 1.165) is 12.3 Å². The molecule has 1 atom stereocenters. The second kappa shape index (κ2) is 5.98. The van der Waals surface area contributed by atoms with Crippen molar-refractivity contribution in [2.75, 3.05) is 31.3 Å². The van der Waals surface area contributed by atoms with Gasteiger partial charge < -0.3 is 14.4 Å². The molecule has 0 N–H and O–H groups in total. The third kappa shape index (κ3) is 3.82. The Morgan fingerprint density at radius 2 is 1.89 bits per heavy atom. The van der Waals surface area contributed by atoms with E-state index in [-0.39, 0.29) is 12.5 Å². The van der Waals surface area contributed by atoms with Crippen LogP contribution < -0.4 is 4.90 Å². The number of carbonyl (C=O) groups is 1. The van der Waals surface area contributed by atoms with Crippen LogP contribution in [0.4, 0.5) is 5.69 Å². The molecule has 2 fully saturated rings. The largest absolute Gasteiger partial charge is 0.373 e. The third-order valence-corrected chi connectivity index (χ3v) is 2.83. The van der Waals surface area contributed by atoms with E-state index in [2.05, 4.69) is 6.92 Å². The number of amides is 1. The molecule has 4 nitrogen and oxygen atoms in total. The van der Waals surface area contributed by atoms with Gasteiger partial charge in [-0.2, -0.15) is 0 Å². The van der Waals surface area contributed by atoms with Crippen molar-refractivity contribution in [3.63, 3.8) is 0 Å². The van der Waals surface area contributed by atoms with Crippen LogP contribution in [0.25, 0.3) is 0 Å². The van der Waals surface area contributed by atoms with E-state index < -0.39 is 0 Å². The van der Waals surface area contributed by atoms with Crippen molar-refractivity contribution in [1.82, 2.24) is 0 Å². The van der Waals surface area contributed by atoms with Crippen LogP contribution in [0, 0.1) is 6.92 Å². The summed E-state index contributed by atoms with van der Waals surface area (Å²) >= 11 is 0. The average molecular weight is 249 g/mol. The maximum atomic E-state index is 11.5. The molecule has 2 heterocycles. The Bertz CT molecular complexity index is 398. The van der Waals surface area contributed by atoms with Crippen molar-refractivity contribution in [2.24, 2.45) is 0 Å². The molecule has 2 saturated heterocycles. The molecule has 0 aliphatic carbocycles.